The lowest BCUT2D eigenvalue weighted by atomic mass is 9.90. The van der Waals surface area contributed by atoms with Crippen LogP contribution in [0.3, 0.4) is 0 Å². The van der Waals surface area contributed by atoms with Crippen molar-refractivity contribution in [1.29, 1.82) is 0 Å². The first-order valence-electron chi connectivity index (χ1n) is 9.20. The summed E-state index contributed by atoms with van der Waals surface area (Å²) in [6.07, 6.45) is 5.54. The van der Waals surface area contributed by atoms with Crippen LogP contribution in [0.4, 0.5) is 4.79 Å². The van der Waals surface area contributed by atoms with Crippen LogP contribution in [-0.4, -0.2) is 29.4 Å². The summed E-state index contributed by atoms with van der Waals surface area (Å²) in [4.78, 5) is 23.1. The van der Waals surface area contributed by atoms with Gasteiger partial charge in [-0.25, -0.2) is 9.59 Å². The first kappa shape index (κ1) is 20.1. The van der Waals surface area contributed by atoms with Gasteiger partial charge in [0, 0.05) is 12.1 Å². The maximum Gasteiger partial charge on any atom is 0.407 e. The molecule has 1 aromatic carbocycles. The smallest absolute Gasteiger partial charge is 0.407 e. The highest BCUT2D eigenvalue weighted by Crippen LogP contribution is 2.26. The average Bonchev–Trinajstić information content (AvgIpc) is 2.57. The normalized spacial score (nSPS) is 15.3. The van der Waals surface area contributed by atoms with E-state index in [0.717, 1.165) is 0 Å². The van der Waals surface area contributed by atoms with Gasteiger partial charge in [-0.2, -0.15) is 0 Å². The lowest BCUT2D eigenvalue weighted by Crippen LogP contribution is -2.32. The van der Waals surface area contributed by atoms with E-state index >= 15 is 0 Å². The van der Waals surface area contributed by atoms with Crippen LogP contribution in [0, 0.1) is 5.92 Å². The van der Waals surface area contributed by atoms with E-state index in [1.165, 1.54) is 44.2 Å². The predicted molar refractivity (Wildman–Crippen MR) is 98.5 cm³/mol. The zero-order chi connectivity index (χ0) is 19.2. The molecule has 6 nitrogen and oxygen atoms in total. The number of carbonyl (C=O) groups is 2. The fraction of sp³-hybridized carbons (Fsp3) is 0.600. The lowest BCUT2D eigenvalue weighted by Gasteiger charge is -2.23. The Kier molecular flexibility index (Phi) is 6.89. The van der Waals surface area contributed by atoms with Crippen molar-refractivity contribution in [2.24, 2.45) is 5.92 Å². The molecule has 1 saturated carbocycles. The predicted octanol–water partition coefficient (Wildman–Crippen LogP) is 4.37. The van der Waals surface area contributed by atoms with Crippen molar-refractivity contribution in [1.82, 2.24) is 5.32 Å². The Bertz CT molecular complexity index is 630. The van der Waals surface area contributed by atoms with Gasteiger partial charge in [-0.05, 0) is 57.7 Å². The number of aromatic carboxylic acids is 1. The fourth-order valence-corrected chi connectivity index (χ4v) is 3.03. The van der Waals surface area contributed by atoms with Gasteiger partial charge in [0.15, 0.2) is 0 Å². The second-order valence-corrected chi connectivity index (χ2v) is 7.80. The number of benzene rings is 1. The van der Waals surface area contributed by atoms with E-state index in [4.69, 9.17) is 9.47 Å². The highest BCUT2D eigenvalue weighted by atomic mass is 16.6. The first-order chi connectivity index (χ1) is 12.2. The number of ether oxygens (including phenoxy) is 2. The number of hydrogen-bond acceptors (Lipinski definition) is 4. The minimum absolute atomic E-state index is 0.149. The monoisotopic (exact) mass is 363 g/mol. The van der Waals surface area contributed by atoms with Crippen LogP contribution >= 0.6 is 0 Å². The molecule has 0 heterocycles. The van der Waals surface area contributed by atoms with E-state index in [9.17, 15) is 14.7 Å². The molecule has 0 unspecified atom stereocenters. The summed E-state index contributed by atoms with van der Waals surface area (Å²) in [5, 5.41) is 11.9. The number of carboxylic acids is 1. The van der Waals surface area contributed by atoms with Crippen molar-refractivity contribution in [2.75, 3.05) is 6.61 Å². The molecule has 144 valence electrons. The summed E-state index contributed by atoms with van der Waals surface area (Å²) in [7, 11) is 0. The summed E-state index contributed by atoms with van der Waals surface area (Å²) in [5.41, 5.74) is 0.204. The van der Waals surface area contributed by atoms with Crippen LogP contribution in [0.5, 0.6) is 5.75 Å². The van der Waals surface area contributed by atoms with Gasteiger partial charge in [0.1, 0.15) is 11.4 Å². The number of amides is 1. The van der Waals surface area contributed by atoms with Crippen molar-refractivity contribution in [3.05, 3.63) is 29.3 Å². The van der Waals surface area contributed by atoms with Crippen molar-refractivity contribution in [2.45, 2.75) is 65.0 Å². The molecule has 1 amide bonds. The molecule has 0 spiro atoms. The molecule has 6 heteroatoms. The van der Waals surface area contributed by atoms with Crippen molar-refractivity contribution in [3.8, 4) is 5.75 Å². The molecule has 2 rings (SSSR count). The molecule has 0 aliphatic heterocycles. The minimum atomic E-state index is -1.01. The van der Waals surface area contributed by atoms with E-state index in [0.29, 0.717) is 23.8 Å². The van der Waals surface area contributed by atoms with E-state index in [2.05, 4.69) is 5.32 Å². The quantitative estimate of drug-likeness (QED) is 0.784. The summed E-state index contributed by atoms with van der Waals surface area (Å²) in [5.74, 6) is 0.133. The molecule has 1 aromatic rings. The molecular weight excluding hydrogens is 334 g/mol. The number of nitrogens with one attached hydrogen (secondary N) is 1. The molecule has 1 aliphatic rings. The van der Waals surface area contributed by atoms with E-state index < -0.39 is 17.7 Å². The average molecular weight is 363 g/mol. The maximum atomic E-state index is 11.9. The van der Waals surface area contributed by atoms with Crippen LogP contribution < -0.4 is 10.1 Å². The largest absolute Gasteiger partial charge is 0.493 e. The summed E-state index contributed by atoms with van der Waals surface area (Å²) >= 11 is 0. The minimum Gasteiger partial charge on any atom is -0.493 e. The molecule has 0 radical (unpaired) electrons. The van der Waals surface area contributed by atoms with Crippen molar-refractivity contribution >= 4 is 12.1 Å². The Morgan fingerprint density at radius 2 is 1.88 bits per heavy atom. The van der Waals surface area contributed by atoms with Gasteiger partial charge in [-0.1, -0.05) is 19.3 Å². The summed E-state index contributed by atoms with van der Waals surface area (Å²) in [6.45, 7) is 6.13. The molecule has 0 atom stereocenters. The molecular formula is C20H29NO5. The van der Waals surface area contributed by atoms with Gasteiger partial charge in [0.05, 0.1) is 12.2 Å². The van der Waals surface area contributed by atoms with Crippen molar-refractivity contribution < 1.29 is 24.2 Å². The molecule has 0 bridgehead atoms. The topological polar surface area (TPSA) is 84.9 Å². The van der Waals surface area contributed by atoms with Gasteiger partial charge in [0.25, 0.3) is 0 Å². The Morgan fingerprint density at radius 3 is 2.50 bits per heavy atom. The zero-order valence-corrected chi connectivity index (χ0v) is 15.8. The Labute approximate surface area is 154 Å². The van der Waals surface area contributed by atoms with Gasteiger partial charge in [0.2, 0.25) is 0 Å². The first-order valence-corrected chi connectivity index (χ1v) is 9.20. The van der Waals surface area contributed by atoms with Crippen LogP contribution in [0.1, 0.15) is 68.8 Å². The van der Waals surface area contributed by atoms with Crippen LogP contribution in [0.15, 0.2) is 18.2 Å². The van der Waals surface area contributed by atoms with E-state index in [1.807, 2.05) is 0 Å². The van der Waals surface area contributed by atoms with Crippen LogP contribution in [-0.2, 0) is 11.3 Å². The number of rotatable bonds is 6. The van der Waals surface area contributed by atoms with Gasteiger partial charge >= 0.3 is 12.1 Å². The SMILES string of the molecule is CC(C)(C)OC(=O)NCc1cc(C(=O)O)ccc1OCC1CCCCC1. The Morgan fingerprint density at radius 1 is 1.19 bits per heavy atom. The standard InChI is InChI=1S/C20H29NO5/c1-20(2,3)26-19(24)21-12-16-11-15(18(22)23)9-10-17(16)25-13-14-7-5-4-6-8-14/h9-11,14H,4-8,12-13H2,1-3H3,(H,21,24)(H,22,23). The third kappa shape index (κ3) is 6.58. The summed E-state index contributed by atoms with van der Waals surface area (Å²) < 4.78 is 11.2. The third-order valence-corrected chi connectivity index (χ3v) is 4.33. The fourth-order valence-electron chi connectivity index (χ4n) is 3.03. The highest BCUT2D eigenvalue weighted by molar-refractivity contribution is 5.88. The zero-order valence-electron chi connectivity index (χ0n) is 15.8. The van der Waals surface area contributed by atoms with Crippen LogP contribution in [0.25, 0.3) is 0 Å². The molecule has 1 aliphatic carbocycles. The van der Waals surface area contributed by atoms with Crippen molar-refractivity contribution in [3.63, 3.8) is 0 Å². The Balaban J connectivity index is 2.03. The second-order valence-electron chi connectivity index (χ2n) is 7.80. The van der Waals surface area contributed by atoms with Gasteiger partial charge in [-0.3, -0.25) is 0 Å². The van der Waals surface area contributed by atoms with E-state index in [1.54, 1.807) is 26.8 Å². The number of hydrogen-bond donors (Lipinski definition) is 2. The molecule has 0 saturated heterocycles. The highest BCUT2D eigenvalue weighted by Gasteiger charge is 2.18. The number of alkyl carbamates (subject to hydrolysis) is 1. The molecule has 2 N–H and O–H groups in total. The number of carboxylic acid groups (broad SMARTS) is 1. The summed E-state index contributed by atoms with van der Waals surface area (Å²) in [6, 6.07) is 4.73. The lowest BCUT2D eigenvalue weighted by molar-refractivity contribution is 0.0522. The molecule has 0 aromatic heterocycles. The third-order valence-electron chi connectivity index (χ3n) is 4.33. The maximum absolute atomic E-state index is 11.9. The number of carbonyl (C=O) groups excluding carboxylic acids is 1. The van der Waals surface area contributed by atoms with Gasteiger partial charge < -0.3 is 19.9 Å². The second kappa shape index (κ2) is 8.92. The molecule has 1 fully saturated rings. The van der Waals surface area contributed by atoms with E-state index in [-0.39, 0.29) is 12.1 Å². The Hall–Kier alpha value is -2.24. The molecule has 26 heavy (non-hydrogen) atoms. The van der Waals surface area contributed by atoms with Crippen LogP contribution in [0.2, 0.25) is 0 Å². The van der Waals surface area contributed by atoms with Gasteiger partial charge in [-0.15, -0.1) is 0 Å².